The maximum Gasteiger partial charge on any atom is 0.118 e. The molecule has 16 heavy (non-hydrogen) atoms. The fourth-order valence-electron chi connectivity index (χ4n) is 1.39. The first-order valence-electron chi connectivity index (χ1n) is 5.56. The molecule has 0 aromatic carbocycles. The maximum atomic E-state index is 12.0. The van der Waals surface area contributed by atoms with Crippen LogP contribution in [-0.4, -0.2) is 21.1 Å². The molecule has 0 radical (unpaired) electrons. The highest BCUT2D eigenvalue weighted by molar-refractivity contribution is 7.84. The lowest BCUT2D eigenvalue weighted by Crippen LogP contribution is -2.45. The molecule has 0 aliphatic carbocycles. The van der Waals surface area contributed by atoms with E-state index in [4.69, 9.17) is 4.74 Å². The highest BCUT2D eigenvalue weighted by Gasteiger charge is 2.27. The van der Waals surface area contributed by atoms with Crippen molar-refractivity contribution in [2.45, 2.75) is 50.5 Å². The monoisotopic (exact) mass is 243 g/mol. The van der Waals surface area contributed by atoms with Gasteiger partial charge in [0.1, 0.15) is 6.10 Å². The molecule has 0 aromatic rings. The van der Waals surface area contributed by atoms with Crippen molar-refractivity contribution in [3.63, 3.8) is 0 Å². The Labute approximate surface area is 101 Å². The topological polar surface area (TPSA) is 38.3 Å². The van der Waals surface area contributed by atoms with Gasteiger partial charge in [-0.15, -0.1) is 6.58 Å². The summed E-state index contributed by atoms with van der Waals surface area (Å²) in [5.41, 5.74) is 0. The van der Waals surface area contributed by atoms with Crippen molar-refractivity contribution in [2.24, 2.45) is 0 Å². The molecule has 1 aliphatic heterocycles. The molecular weight excluding hydrogens is 222 g/mol. The molecule has 1 rings (SSSR count). The smallest absolute Gasteiger partial charge is 0.118 e. The molecule has 1 heterocycles. The first-order valence-corrected chi connectivity index (χ1v) is 6.71. The molecule has 0 fully saturated rings. The minimum atomic E-state index is -1.09. The molecular formula is C12H21NO2S. The first-order chi connectivity index (χ1) is 7.45. The van der Waals surface area contributed by atoms with E-state index in [2.05, 4.69) is 11.3 Å². The van der Waals surface area contributed by atoms with Crippen LogP contribution in [0.5, 0.6) is 0 Å². The Morgan fingerprint density at radius 2 is 2.31 bits per heavy atom. The summed E-state index contributed by atoms with van der Waals surface area (Å²) in [5, 5.41) is 0. The molecule has 1 aliphatic rings. The molecule has 0 saturated carbocycles. The number of hydrogen-bond acceptors (Lipinski definition) is 2. The Hall–Kier alpha value is -0.610. The van der Waals surface area contributed by atoms with Crippen LogP contribution in [0.1, 0.15) is 33.6 Å². The van der Waals surface area contributed by atoms with E-state index in [1.807, 2.05) is 26.8 Å². The Balaban J connectivity index is 2.58. The summed E-state index contributed by atoms with van der Waals surface area (Å²) < 4.78 is 20.3. The summed E-state index contributed by atoms with van der Waals surface area (Å²) in [6, 6.07) is -0.0648. The Morgan fingerprint density at radius 3 is 2.75 bits per heavy atom. The molecule has 3 atom stereocenters. The van der Waals surface area contributed by atoms with Gasteiger partial charge in [0.15, 0.2) is 0 Å². The zero-order chi connectivity index (χ0) is 12.2. The fraction of sp³-hybridized carbons (Fsp3) is 0.667. The third-order valence-corrected chi connectivity index (χ3v) is 4.02. The third-order valence-electron chi connectivity index (χ3n) is 2.42. The minimum Gasteiger partial charge on any atom is -0.496 e. The molecule has 0 unspecified atom stereocenters. The van der Waals surface area contributed by atoms with Crippen LogP contribution >= 0.6 is 0 Å². The number of rotatable bonds is 4. The van der Waals surface area contributed by atoms with Crippen LogP contribution in [-0.2, 0) is 15.7 Å². The zero-order valence-corrected chi connectivity index (χ0v) is 11.0. The second-order valence-electron chi connectivity index (χ2n) is 4.88. The zero-order valence-electron chi connectivity index (χ0n) is 10.2. The van der Waals surface area contributed by atoms with E-state index in [0.717, 1.165) is 12.8 Å². The van der Waals surface area contributed by atoms with Crippen molar-refractivity contribution >= 4 is 11.0 Å². The van der Waals surface area contributed by atoms with E-state index < -0.39 is 11.0 Å². The number of hydrogen-bond donors (Lipinski definition) is 1. The second kappa shape index (κ2) is 5.64. The van der Waals surface area contributed by atoms with Gasteiger partial charge in [0.05, 0.1) is 28.0 Å². The average Bonchev–Trinajstić information content (AvgIpc) is 2.25. The largest absolute Gasteiger partial charge is 0.496 e. The van der Waals surface area contributed by atoms with Crippen molar-refractivity contribution in [3.05, 3.63) is 25.0 Å². The van der Waals surface area contributed by atoms with Gasteiger partial charge in [-0.05, 0) is 39.7 Å². The Kier molecular flexibility index (Phi) is 4.74. The van der Waals surface area contributed by atoms with Crippen LogP contribution in [0.2, 0.25) is 0 Å². The van der Waals surface area contributed by atoms with Gasteiger partial charge in [-0.3, -0.25) is 0 Å². The van der Waals surface area contributed by atoms with Crippen LogP contribution in [0.25, 0.3) is 0 Å². The second-order valence-corrected chi connectivity index (χ2v) is 6.88. The maximum absolute atomic E-state index is 12.0. The summed E-state index contributed by atoms with van der Waals surface area (Å²) >= 11 is 0. The van der Waals surface area contributed by atoms with Gasteiger partial charge in [0, 0.05) is 0 Å². The van der Waals surface area contributed by atoms with E-state index in [9.17, 15) is 4.21 Å². The van der Waals surface area contributed by atoms with Crippen molar-refractivity contribution in [1.29, 1.82) is 0 Å². The Bertz CT molecular complexity index is 294. The summed E-state index contributed by atoms with van der Waals surface area (Å²) in [4.78, 5) is 0. The highest BCUT2D eigenvalue weighted by atomic mass is 32.2. The lowest BCUT2D eigenvalue weighted by Gasteiger charge is -2.29. The lowest BCUT2D eigenvalue weighted by atomic mass is 10.1. The molecule has 4 heteroatoms. The minimum absolute atomic E-state index is 0.0359. The SMILES string of the molecule is C=C[C@@H](N[S@](=O)C(C)(C)C)[C@@H]1CCC=CO1. The summed E-state index contributed by atoms with van der Waals surface area (Å²) in [7, 11) is -1.09. The molecule has 0 spiro atoms. The molecule has 0 bridgehead atoms. The van der Waals surface area contributed by atoms with E-state index >= 15 is 0 Å². The van der Waals surface area contributed by atoms with E-state index in [1.54, 1.807) is 12.3 Å². The third kappa shape index (κ3) is 3.76. The van der Waals surface area contributed by atoms with Crippen LogP contribution in [0.15, 0.2) is 25.0 Å². The van der Waals surface area contributed by atoms with Gasteiger partial charge in [0.25, 0.3) is 0 Å². The normalized spacial score (nSPS) is 24.6. The quantitative estimate of drug-likeness (QED) is 0.769. The van der Waals surface area contributed by atoms with Gasteiger partial charge in [-0.2, -0.15) is 0 Å². The van der Waals surface area contributed by atoms with Crippen molar-refractivity contribution in [1.82, 2.24) is 4.72 Å². The molecule has 0 saturated heterocycles. The van der Waals surface area contributed by atoms with Gasteiger partial charge in [-0.1, -0.05) is 6.08 Å². The molecule has 0 amide bonds. The van der Waals surface area contributed by atoms with E-state index in [-0.39, 0.29) is 16.9 Å². The summed E-state index contributed by atoms with van der Waals surface area (Å²) in [6.45, 7) is 9.60. The van der Waals surface area contributed by atoms with E-state index in [1.165, 1.54) is 0 Å². The van der Waals surface area contributed by atoms with Gasteiger partial charge >= 0.3 is 0 Å². The molecule has 92 valence electrons. The number of nitrogens with one attached hydrogen (secondary N) is 1. The number of allylic oxidation sites excluding steroid dienone is 1. The van der Waals surface area contributed by atoms with E-state index in [0.29, 0.717) is 0 Å². The average molecular weight is 243 g/mol. The fourth-order valence-corrected chi connectivity index (χ4v) is 2.24. The van der Waals surface area contributed by atoms with Crippen LogP contribution in [0.3, 0.4) is 0 Å². The first kappa shape index (κ1) is 13.5. The summed E-state index contributed by atoms with van der Waals surface area (Å²) in [5.74, 6) is 0. The predicted octanol–water partition coefficient (Wildman–Crippen LogP) is 2.29. The number of ether oxygens (including phenoxy) is 1. The van der Waals surface area contributed by atoms with Gasteiger partial charge in [-0.25, -0.2) is 8.93 Å². The molecule has 0 aromatic heterocycles. The Morgan fingerprint density at radius 1 is 1.62 bits per heavy atom. The highest BCUT2D eigenvalue weighted by Crippen LogP contribution is 2.17. The van der Waals surface area contributed by atoms with Crippen molar-refractivity contribution in [2.75, 3.05) is 0 Å². The standard InChI is InChI=1S/C12H21NO2S/c1-5-10(11-8-6-7-9-15-11)13-16(14)12(2,3)4/h5,7,9-11,13H,1,6,8H2,2-4H3/t10-,11+,16-/m1/s1. The summed E-state index contributed by atoms with van der Waals surface area (Å²) in [6.07, 6.45) is 7.45. The van der Waals surface area contributed by atoms with Crippen molar-refractivity contribution in [3.8, 4) is 0 Å². The molecule has 3 nitrogen and oxygen atoms in total. The van der Waals surface area contributed by atoms with Crippen LogP contribution < -0.4 is 4.72 Å². The lowest BCUT2D eigenvalue weighted by molar-refractivity contribution is 0.108. The van der Waals surface area contributed by atoms with Crippen LogP contribution in [0, 0.1) is 0 Å². The predicted molar refractivity (Wildman–Crippen MR) is 68.3 cm³/mol. The van der Waals surface area contributed by atoms with Gasteiger partial charge in [0.2, 0.25) is 0 Å². The van der Waals surface area contributed by atoms with Crippen LogP contribution in [0.4, 0.5) is 0 Å². The van der Waals surface area contributed by atoms with Gasteiger partial charge < -0.3 is 4.74 Å². The van der Waals surface area contributed by atoms with Crippen molar-refractivity contribution < 1.29 is 8.95 Å². The molecule has 1 N–H and O–H groups in total.